The van der Waals surface area contributed by atoms with Gasteiger partial charge in [0.2, 0.25) is 0 Å². The molecule has 1 aromatic carbocycles. The molecule has 0 spiro atoms. The molecule has 1 rings (SSSR count). The minimum Gasteiger partial charge on any atom is -0.206 e. The number of halogens is 7. The summed E-state index contributed by atoms with van der Waals surface area (Å²) in [6.07, 6.45) is -4.83. The van der Waals surface area contributed by atoms with Crippen LogP contribution in [-0.2, 0) is 6.18 Å². The Morgan fingerprint density at radius 2 is 1.65 bits per heavy atom. The van der Waals surface area contributed by atoms with Crippen LogP contribution in [-0.4, -0.2) is 5.92 Å². The van der Waals surface area contributed by atoms with Crippen LogP contribution < -0.4 is 0 Å². The van der Waals surface area contributed by atoms with Gasteiger partial charge >= 0.3 is 6.18 Å². The first-order chi connectivity index (χ1) is 7.53. The second kappa shape index (κ2) is 4.51. The molecule has 1 atom stereocenters. The van der Waals surface area contributed by atoms with Gasteiger partial charge in [-0.2, -0.15) is 13.2 Å². The van der Waals surface area contributed by atoms with Gasteiger partial charge in [0, 0.05) is 6.92 Å². The van der Waals surface area contributed by atoms with Gasteiger partial charge in [0.05, 0.1) is 5.56 Å². The van der Waals surface area contributed by atoms with E-state index in [4.69, 9.17) is 0 Å². The quantitative estimate of drug-likeness (QED) is 0.535. The minimum atomic E-state index is -4.83. The molecule has 0 aromatic heterocycles. The van der Waals surface area contributed by atoms with Gasteiger partial charge in [0.25, 0.3) is 5.92 Å². The molecular formula is C10H7BrF6. The average molecular weight is 321 g/mol. The monoisotopic (exact) mass is 320 g/mol. The molecule has 7 heteroatoms. The molecule has 0 nitrogen and oxygen atoms in total. The third-order valence-corrected chi connectivity index (χ3v) is 3.37. The summed E-state index contributed by atoms with van der Waals surface area (Å²) in [6, 6.07) is 1.73. The van der Waals surface area contributed by atoms with Crippen molar-refractivity contribution in [3.63, 3.8) is 0 Å². The first-order valence-corrected chi connectivity index (χ1v) is 5.33. The van der Waals surface area contributed by atoms with Crippen LogP contribution in [0.4, 0.5) is 26.3 Å². The molecule has 0 saturated carbocycles. The molecule has 1 aromatic rings. The van der Waals surface area contributed by atoms with Crippen molar-refractivity contribution in [2.45, 2.75) is 23.8 Å². The van der Waals surface area contributed by atoms with Gasteiger partial charge in [0.15, 0.2) is 0 Å². The topological polar surface area (TPSA) is 0 Å². The van der Waals surface area contributed by atoms with Crippen LogP contribution in [0.2, 0.25) is 0 Å². The van der Waals surface area contributed by atoms with Gasteiger partial charge in [-0.05, 0) is 17.7 Å². The lowest BCUT2D eigenvalue weighted by molar-refractivity contribution is -0.140. The van der Waals surface area contributed by atoms with E-state index >= 15 is 0 Å². The highest BCUT2D eigenvalue weighted by Crippen LogP contribution is 2.40. The number of benzene rings is 1. The summed E-state index contributed by atoms with van der Waals surface area (Å²) in [5.41, 5.74) is -1.72. The molecule has 1 unspecified atom stereocenters. The van der Waals surface area contributed by atoms with Crippen molar-refractivity contribution < 1.29 is 26.3 Å². The fourth-order valence-corrected chi connectivity index (χ4v) is 1.50. The van der Waals surface area contributed by atoms with Crippen molar-refractivity contribution in [1.82, 2.24) is 0 Å². The van der Waals surface area contributed by atoms with Gasteiger partial charge < -0.3 is 0 Å². The van der Waals surface area contributed by atoms with Crippen molar-refractivity contribution in [1.29, 1.82) is 0 Å². The Kier molecular flexibility index (Phi) is 3.81. The predicted molar refractivity (Wildman–Crippen MR) is 53.7 cm³/mol. The maximum Gasteiger partial charge on any atom is 0.419 e. The van der Waals surface area contributed by atoms with Crippen LogP contribution >= 0.6 is 15.9 Å². The van der Waals surface area contributed by atoms with E-state index in [1.54, 1.807) is 0 Å². The second-order valence-corrected chi connectivity index (χ2v) is 4.47. The molecule has 0 bridgehead atoms. The summed E-state index contributed by atoms with van der Waals surface area (Å²) in [5.74, 6) is -4.77. The zero-order valence-electron chi connectivity index (χ0n) is 8.46. The van der Waals surface area contributed by atoms with Crippen LogP contribution in [0.5, 0.6) is 0 Å². The number of hydrogen-bond acceptors (Lipinski definition) is 0. The lowest BCUT2D eigenvalue weighted by atomic mass is 10.0. The molecule has 0 aliphatic heterocycles. The van der Waals surface area contributed by atoms with Crippen LogP contribution in [0.25, 0.3) is 0 Å². The Morgan fingerprint density at radius 3 is 2.00 bits per heavy atom. The SMILES string of the molecule is CC(F)(F)C(Br)c1ccc(C(F)(F)F)c(F)c1. The van der Waals surface area contributed by atoms with Gasteiger partial charge in [-0.15, -0.1) is 0 Å². The fourth-order valence-electron chi connectivity index (χ4n) is 1.21. The molecule has 0 heterocycles. The molecule has 0 aliphatic rings. The maximum absolute atomic E-state index is 13.1. The van der Waals surface area contributed by atoms with Crippen LogP contribution in [0.1, 0.15) is 22.9 Å². The summed E-state index contributed by atoms with van der Waals surface area (Å²) in [5, 5.41) is 0. The first kappa shape index (κ1) is 14.3. The summed E-state index contributed by atoms with van der Waals surface area (Å²) >= 11 is 2.62. The Bertz CT molecular complexity index is 406. The molecule has 0 amide bonds. The zero-order chi connectivity index (χ0) is 13.4. The molecule has 0 saturated heterocycles. The van der Waals surface area contributed by atoms with E-state index in [0.717, 1.165) is 6.07 Å². The highest BCUT2D eigenvalue weighted by molar-refractivity contribution is 9.09. The Hall–Kier alpha value is -0.720. The predicted octanol–water partition coefficient (Wildman–Crippen LogP) is 4.94. The van der Waals surface area contributed by atoms with E-state index < -0.39 is 28.3 Å². The van der Waals surface area contributed by atoms with Gasteiger partial charge in [0.1, 0.15) is 10.6 Å². The highest BCUT2D eigenvalue weighted by Gasteiger charge is 2.37. The Morgan fingerprint density at radius 1 is 1.12 bits per heavy atom. The van der Waals surface area contributed by atoms with E-state index in [9.17, 15) is 26.3 Å². The second-order valence-electron chi connectivity index (χ2n) is 3.56. The van der Waals surface area contributed by atoms with Crippen molar-refractivity contribution in [3.8, 4) is 0 Å². The van der Waals surface area contributed by atoms with Crippen molar-refractivity contribution >= 4 is 15.9 Å². The lowest BCUT2D eigenvalue weighted by Crippen LogP contribution is -2.18. The van der Waals surface area contributed by atoms with Gasteiger partial charge in [-0.1, -0.05) is 22.0 Å². The van der Waals surface area contributed by atoms with Gasteiger partial charge in [-0.3, -0.25) is 0 Å². The van der Waals surface area contributed by atoms with E-state index in [2.05, 4.69) is 15.9 Å². The maximum atomic E-state index is 13.1. The van der Waals surface area contributed by atoms with Crippen molar-refractivity contribution in [3.05, 3.63) is 35.1 Å². The van der Waals surface area contributed by atoms with E-state index in [0.29, 0.717) is 19.1 Å². The van der Waals surface area contributed by atoms with Gasteiger partial charge in [-0.25, -0.2) is 13.2 Å². The van der Waals surface area contributed by atoms with E-state index in [-0.39, 0.29) is 5.56 Å². The summed E-state index contributed by atoms with van der Waals surface area (Å²) in [4.78, 5) is -1.54. The van der Waals surface area contributed by atoms with Crippen LogP contribution in [0.3, 0.4) is 0 Å². The lowest BCUT2D eigenvalue weighted by Gasteiger charge is -2.18. The smallest absolute Gasteiger partial charge is 0.206 e. The molecular weight excluding hydrogens is 314 g/mol. The van der Waals surface area contributed by atoms with E-state index in [1.165, 1.54) is 0 Å². The highest BCUT2D eigenvalue weighted by atomic mass is 79.9. The molecule has 0 fully saturated rings. The number of rotatable bonds is 2. The minimum absolute atomic E-state index is 0.247. The molecule has 0 radical (unpaired) electrons. The third kappa shape index (κ3) is 3.37. The summed E-state index contributed by atoms with van der Waals surface area (Å²) in [6.45, 7) is 0.585. The molecule has 96 valence electrons. The number of hydrogen-bond donors (Lipinski definition) is 0. The first-order valence-electron chi connectivity index (χ1n) is 4.42. The molecule has 17 heavy (non-hydrogen) atoms. The fraction of sp³-hybridized carbons (Fsp3) is 0.400. The zero-order valence-corrected chi connectivity index (χ0v) is 10.0. The normalized spacial score (nSPS) is 14.8. The van der Waals surface area contributed by atoms with E-state index in [1.807, 2.05) is 0 Å². The Labute approximate surface area is 102 Å². The van der Waals surface area contributed by atoms with Crippen molar-refractivity contribution in [2.75, 3.05) is 0 Å². The number of alkyl halides is 6. The molecule has 0 N–H and O–H groups in total. The van der Waals surface area contributed by atoms with Crippen LogP contribution in [0, 0.1) is 5.82 Å². The largest absolute Gasteiger partial charge is 0.419 e. The van der Waals surface area contributed by atoms with Crippen molar-refractivity contribution in [2.24, 2.45) is 0 Å². The molecule has 0 aliphatic carbocycles. The Balaban J connectivity index is 3.14. The standard InChI is InChI=1S/C10H7BrF6/c1-9(13,14)8(11)5-2-3-6(7(12)4-5)10(15,16)17/h2-4,8H,1H3. The average Bonchev–Trinajstić information content (AvgIpc) is 2.12. The third-order valence-electron chi connectivity index (χ3n) is 2.04. The summed E-state index contributed by atoms with van der Waals surface area (Å²) < 4.78 is 75.5. The summed E-state index contributed by atoms with van der Waals surface area (Å²) in [7, 11) is 0. The van der Waals surface area contributed by atoms with Crippen LogP contribution in [0.15, 0.2) is 18.2 Å².